The van der Waals surface area contributed by atoms with E-state index in [9.17, 15) is 13.2 Å². The van der Waals surface area contributed by atoms with Gasteiger partial charge in [0, 0.05) is 12.5 Å². The minimum atomic E-state index is -4.30. The van der Waals surface area contributed by atoms with Gasteiger partial charge in [-0.25, -0.2) is 0 Å². The second kappa shape index (κ2) is 6.26. The molecule has 0 aromatic heterocycles. The summed E-state index contributed by atoms with van der Waals surface area (Å²) < 4.78 is 43.1. The summed E-state index contributed by atoms with van der Waals surface area (Å²) in [5.74, 6) is 0.870. The zero-order valence-electron chi connectivity index (χ0n) is 12.5. The lowest BCUT2D eigenvalue weighted by Gasteiger charge is -2.26. The minimum Gasteiger partial charge on any atom is -0.493 e. The highest BCUT2D eigenvalue weighted by Crippen LogP contribution is 2.32. The number of benzene rings is 1. The Balaban J connectivity index is 1.90. The Morgan fingerprint density at radius 3 is 2.52 bits per heavy atom. The third-order valence-electron chi connectivity index (χ3n) is 3.92. The van der Waals surface area contributed by atoms with Crippen molar-refractivity contribution in [2.45, 2.75) is 32.9 Å². The first-order valence-electron chi connectivity index (χ1n) is 7.27. The monoisotopic (exact) mass is 301 g/mol. The van der Waals surface area contributed by atoms with Crippen molar-refractivity contribution in [3.05, 3.63) is 29.8 Å². The third-order valence-corrected chi connectivity index (χ3v) is 3.92. The molecule has 1 atom stereocenters. The van der Waals surface area contributed by atoms with Crippen LogP contribution in [0.2, 0.25) is 0 Å². The molecule has 1 aromatic rings. The Kier molecular flexibility index (Phi) is 4.81. The molecule has 0 amide bonds. The van der Waals surface area contributed by atoms with Crippen molar-refractivity contribution in [2.24, 2.45) is 11.3 Å². The second-order valence-corrected chi connectivity index (χ2v) is 6.52. The van der Waals surface area contributed by atoms with E-state index >= 15 is 0 Å². The molecular weight excluding hydrogens is 279 g/mol. The fourth-order valence-corrected chi connectivity index (χ4v) is 2.76. The predicted molar refractivity (Wildman–Crippen MR) is 76.3 cm³/mol. The summed E-state index contributed by atoms with van der Waals surface area (Å²) >= 11 is 0. The van der Waals surface area contributed by atoms with Gasteiger partial charge in [-0.2, -0.15) is 13.2 Å². The maximum atomic E-state index is 12.5. The van der Waals surface area contributed by atoms with Crippen molar-refractivity contribution in [1.29, 1.82) is 0 Å². The minimum absolute atomic E-state index is 0.275. The van der Waals surface area contributed by atoms with Gasteiger partial charge in [0.05, 0.1) is 12.2 Å². The molecule has 1 aliphatic rings. The normalized spacial score (nSPS) is 22.6. The first-order valence-corrected chi connectivity index (χ1v) is 7.27. The number of hydrogen-bond donors (Lipinski definition) is 1. The molecule has 1 heterocycles. The van der Waals surface area contributed by atoms with E-state index in [-0.39, 0.29) is 5.41 Å². The summed E-state index contributed by atoms with van der Waals surface area (Å²) in [6.45, 7) is 6.91. The van der Waals surface area contributed by atoms with Crippen molar-refractivity contribution in [1.82, 2.24) is 5.32 Å². The summed E-state index contributed by atoms with van der Waals surface area (Å²) in [5.41, 5.74) is -0.371. The van der Waals surface area contributed by atoms with E-state index in [0.717, 1.165) is 38.1 Å². The van der Waals surface area contributed by atoms with Crippen LogP contribution < -0.4 is 10.1 Å². The van der Waals surface area contributed by atoms with E-state index < -0.39 is 11.7 Å². The smallest absolute Gasteiger partial charge is 0.416 e. The quantitative estimate of drug-likeness (QED) is 0.907. The average molecular weight is 301 g/mol. The van der Waals surface area contributed by atoms with Crippen LogP contribution >= 0.6 is 0 Å². The topological polar surface area (TPSA) is 21.3 Å². The zero-order chi connectivity index (χ0) is 15.5. The van der Waals surface area contributed by atoms with Crippen molar-refractivity contribution >= 4 is 0 Å². The molecule has 0 aliphatic carbocycles. The van der Waals surface area contributed by atoms with Crippen LogP contribution in [0, 0.1) is 11.3 Å². The highest BCUT2D eigenvalue weighted by Gasteiger charge is 2.30. The highest BCUT2D eigenvalue weighted by molar-refractivity contribution is 5.28. The van der Waals surface area contributed by atoms with Crippen LogP contribution in [-0.4, -0.2) is 19.7 Å². The fraction of sp³-hybridized carbons (Fsp3) is 0.625. The van der Waals surface area contributed by atoms with Crippen molar-refractivity contribution < 1.29 is 17.9 Å². The molecule has 1 N–H and O–H groups in total. The molecule has 21 heavy (non-hydrogen) atoms. The Morgan fingerprint density at radius 1 is 1.24 bits per heavy atom. The van der Waals surface area contributed by atoms with Crippen molar-refractivity contribution in [3.63, 3.8) is 0 Å². The van der Waals surface area contributed by atoms with E-state index in [1.54, 1.807) is 0 Å². The molecule has 2 rings (SSSR count). The number of hydrogen-bond acceptors (Lipinski definition) is 2. The van der Waals surface area contributed by atoms with Gasteiger partial charge in [0.15, 0.2) is 0 Å². The SMILES string of the molecule is CC1(C)CCNCC(COc2ccc(C(F)(F)F)cc2)C1. The molecule has 5 heteroatoms. The fourth-order valence-electron chi connectivity index (χ4n) is 2.76. The lowest BCUT2D eigenvalue weighted by Crippen LogP contribution is -2.25. The van der Waals surface area contributed by atoms with Gasteiger partial charge in [-0.15, -0.1) is 0 Å². The molecule has 1 aliphatic heterocycles. The molecule has 1 aromatic carbocycles. The first-order chi connectivity index (χ1) is 9.76. The van der Waals surface area contributed by atoms with Crippen LogP contribution in [0.25, 0.3) is 0 Å². The van der Waals surface area contributed by atoms with E-state index in [1.807, 2.05) is 0 Å². The predicted octanol–water partition coefficient (Wildman–Crippen LogP) is 4.11. The second-order valence-electron chi connectivity index (χ2n) is 6.52. The molecule has 1 unspecified atom stereocenters. The molecule has 0 radical (unpaired) electrons. The molecule has 118 valence electrons. The van der Waals surface area contributed by atoms with Crippen molar-refractivity contribution in [2.75, 3.05) is 19.7 Å². The Morgan fingerprint density at radius 2 is 1.90 bits per heavy atom. The molecule has 1 fully saturated rings. The van der Waals surface area contributed by atoms with Crippen molar-refractivity contribution in [3.8, 4) is 5.75 Å². The van der Waals surface area contributed by atoms with Gasteiger partial charge in [0.2, 0.25) is 0 Å². The van der Waals surface area contributed by atoms with E-state index in [0.29, 0.717) is 18.3 Å². The van der Waals surface area contributed by atoms with E-state index in [1.165, 1.54) is 12.1 Å². The summed E-state index contributed by atoms with van der Waals surface area (Å²) in [5, 5.41) is 3.39. The van der Waals surface area contributed by atoms with Crippen LogP contribution in [0.3, 0.4) is 0 Å². The van der Waals surface area contributed by atoms with Gasteiger partial charge in [0.25, 0.3) is 0 Å². The maximum Gasteiger partial charge on any atom is 0.416 e. The van der Waals surface area contributed by atoms with Crippen LogP contribution in [-0.2, 0) is 6.18 Å². The van der Waals surface area contributed by atoms with Gasteiger partial charge in [-0.05, 0) is 49.1 Å². The third kappa shape index (κ3) is 4.92. The van der Waals surface area contributed by atoms with Gasteiger partial charge in [-0.3, -0.25) is 0 Å². The van der Waals surface area contributed by atoms with Gasteiger partial charge < -0.3 is 10.1 Å². The lowest BCUT2D eigenvalue weighted by molar-refractivity contribution is -0.137. The van der Waals surface area contributed by atoms with Gasteiger partial charge >= 0.3 is 6.18 Å². The number of ether oxygens (including phenoxy) is 1. The van der Waals surface area contributed by atoms with Gasteiger partial charge in [0.1, 0.15) is 5.75 Å². The number of rotatable bonds is 3. The van der Waals surface area contributed by atoms with Crippen LogP contribution in [0.4, 0.5) is 13.2 Å². The molecule has 0 bridgehead atoms. The van der Waals surface area contributed by atoms with Gasteiger partial charge in [-0.1, -0.05) is 13.8 Å². The molecule has 2 nitrogen and oxygen atoms in total. The first kappa shape index (κ1) is 16.1. The van der Waals surface area contributed by atoms with E-state index in [2.05, 4.69) is 19.2 Å². The molecule has 0 saturated carbocycles. The maximum absolute atomic E-state index is 12.5. The number of halogens is 3. The zero-order valence-corrected chi connectivity index (χ0v) is 12.5. The molecule has 0 spiro atoms. The molecular formula is C16H22F3NO. The van der Waals surface area contributed by atoms with E-state index in [4.69, 9.17) is 4.74 Å². The summed E-state index contributed by atoms with van der Waals surface area (Å²) in [7, 11) is 0. The highest BCUT2D eigenvalue weighted by atomic mass is 19.4. The summed E-state index contributed by atoms with van der Waals surface area (Å²) in [6, 6.07) is 4.89. The largest absolute Gasteiger partial charge is 0.493 e. The lowest BCUT2D eigenvalue weighted by atomic mass is 9.81. The van der Waals surface area contributed by atoms with Crippen LogP contribution in [0.1, 0.15) is 32.3 Å². The summed E-state index contributed by atoms with van der Waals surface area (Å²) in [6.07, 6.45) is -2.11. The Labute approximate surface area is 123 Å². The standard InChI is InChI=1S/C16H22F3NO/c1-15(2)7-8-20-10-12(9-15)11-21-14-5-3-13(4-6-14)16(17,18)19/h3-6,12,20H,7-11H2,1-2H3. The van der Waals surface area contributed by atoms with Crippen LogP contribution in [0.15, 0.2) is 24.3 Å². The Hall–Kier alpha value is -1.23. The Bertz CT molecular complexity index is 454. The average Bonchev–Trinajstić information content (AvgIpc) is 2.56. The van der Waals surface area contributed by atoms with Crippen LogP contribution in [0.5, 0.6) is 5.75 Å². The number of alkyl halides is 3. The molecule has 1 saturated heterocycles. The summed E-state index contributed by atoms with van der Waals surface area (Å²) in [4.78, 5) is 0. The number of nitrogens with one attached hydrogen (secondary N) is 1.